The van der Waals surface area contributed by atoms with E-state index in [1.807, 2.05) is 54.6 Å². The van der Waals surface area contributed by atoms with Crippen LogP contribution >= 0.6 is 0 Å². The van der Waals surface area contributed by atoms with Gasteiger partial charge in [0, 0.05) is 21.7 Å². The van der Waals surface area contributed by atoms with Gasteiger partial charge in [-0.05, 0) is 80.4 Å². The zero-order valence-electron chi connectivity index (χ0n) is 22.4. The monoisotopic (exact) mass is 535 g/mol. The fourth-order valence-corrected chi connectivity index (χ4v) is 6.58. The molecule has 3 heteroatoms. The molecular formula is C39H21NO2. The lowest BCUT2D eigenvalue weighted by Crippen LogP contribution is -1.98. The van der Waals surface area contributed by atoms with Gasteiger partial charge >= 0.3 is 0 Å². The molecule has 0 spiro atoms. The third kappa shape index (κ3) is 3.21. The van der Waals surface area contributed by atoms with Crippen molar-refractivity contribution < 1.29 is 9.15 Å². The predicted molar refractivity (Wildman–Crippen MR) is 171 cm³/mol. The highest BCUT2D eigenvalue weighted by Gasteiger charge is 2.23. The number of hydrogen-bond acceptors (Lipinski definition) is 2. The molecule has 0 atom stereocenters. The van der Waals surface area contributed by atoms with E-state index in [4.69, 9.17) is 15.7 Å². The first-order chi connectivity index (χ1) is 20.8. The number of rotatable bonds is 2. The maximum absolute atomic E-state index is 7.58. The van der Waals surface area contributed by atoms with Crippen LogP contribution in [0.25, 0.3) is 81.7 Å². The Kier molecular flexibility index (Phi) is 4.68. The molecule has 0 fully saturated rings. The van der Waals surface area contributed by atoms with Gasteiger partial charge in [0.1, 0.15) is 22.7 Å². The second-order valence-electron chi connectivity index (χ2n) is 10.8. The minimum absolute atomic E-state index is 0.666. The third-order valence-corrected chi connectivity index (χ3v) is 8.52. The van der Waals surface area contributed by atoms with Crippen LogP contribution in [0.4, 0.5) is 5.69 Å². The second-order valence-corrected chi connectivity index (χ2v) is 10.8. The van der Waals surface area contributed by atoms with E-state index in [2.05, 4.69) is 77.6 Å². The summed E-state index contributed by atoms with van der Waals surface area (Å²) in [6.07, 6.45) is 0. The van der Waals surface area contributed by atoms with E-state index in [1.165, 1.54) is 0 Å². The van der Waals surface area contributed by atoms with E-state index in [1.54, 1.807) is 0 Å². The van der Waals surface area contributed by atoms with E-state index >= 15 is 0 Å². The lowest BCUT2D eigenvalue weighted by atomic mass is 9.88. The molecule has 1 aromatic heterocycles. The minimum atomic E-state index is 0.666. The van der Waals surface area contributed by atoms with Crippen LogP contribution in [0, 0.1) is 6.57 Å². The number of fused-ring (bicyclic) bond motifs is 6. The fourth-order valence-electron chi connectivity index (χ4n) is 6.58. The van der Waals surface area contributed by atoms with Crippen LogP contribution in [0.2, 0.25) is 0 Å². The van der Waals surface area contributed by atoms with Gasteiger partial charge in [-0.2, -0.15) is 0 Å². The normalized spacial score (nSPS) is 12.0. The van der Waals surface area contributed by atoms with E-state index < -0.39 is 0 Å². The van der Waals surface area contributed by atoms with Gasteiger partial charge < -0.3 is 9.15 Å². The second kappa shape index (κ2) is 8.57. The Morgan fingerprint density at radius 2 is 1.12 bits per heavy atom. The Hall–Kier alpha value is -5.85. The Bertz CT molecular complexity index is 2460. The molecule has 0 amide bonds. The topological polar surface area (TPSA) is 26.7 Å². The number of furan rings is 1. The number of para-hydroxylation sites is 1. The van der Waals surface area contributed by atoms with Gasteiger partial charge in [-0.3, -0.25) is 0 Å². The Labute approximate surface area is 241 Å². The Morgan fingerprint density at radius 1 is 0.452 bits per heavy atom. The maximum atomic E-state index is 7.58. The smallest absolute Gasteiger partial charge is 0.194 e. The molecule has 42 heavy (non-hydrogen) atoms. The predicted octanol–water partition coefficient (Wildman–Crippen LogP) is 11.5. The average Bonchev–Trinajstić information content (AvgIpc) is 3.42. The van der Waals surface area contributed by atoms with Crippen molar-refractivity contribution in [3.05, 3.63) is 139 Å². The maximum Gasteiger partial charge on any atom is 0.194 e. The quantitative estimate of drug-likeness (QED) is 0.206. The SMILES string of the molecule is [C-]#[N+]c1ccc(-c2ccc3c(c2)Oc2cccc4c(-c5ccc6c(c5)oc5ccccc56)ccc-3c24)c2ccccc12. The Balaban J connectivity index is 1.19. The number of benzene rings is 7. The molecule has 0 radical (unpaired) electrons. The van der Waals surface area contributed by atoms with Crippen LogP contribution in [0.15, 0.2) is 132 Å². The molecular weight excluding hydrogens is 514 g/mol. The van der Waals surface area contributed by atoms with Gasteiger partial charge in [0.2, 0.25) is 0 Å². The molecule has 3 nitrogen and oxygen atoms in total. The first-order valence-electron chi connectivity index (χ1n) is 14.0. The third-order valence-electron chi connectivity index (χ3n) is 8.52. The first-order valence-corrected chi connectivity index (χ1v) is 14.0. The van der Waals surface area contributed by atoms with Crippen LogP contribution < -0.4 is 4.74 Å². The molecule has 0 aliphatic carbocycles. The van der Waals surface area contributed by atoms with Crippen molar-refractivity contribution in [1.29, 1.82) is 0 Å². The molecule has 194 valence electrons. The number of hydrogen-bond donors (Lipinski definition) is 0. The van der Waals surface area contributed by atoms with E-state index in [-0.39, 0.29) is 0 Å². The standard InChI is InChI=1S/C39H21NO2/c1-40-34-20-19-25(27-7-2-3-8-28(27)34)23-14-16-31-33-18-17-26(32-10-6-12-36(39(32)33)42-38(31)21-23)24-13-15-30-29-9-4-5-11-35(29)41-37(30)22-24/h2-22H. The van der Waals surface area contributed by atoms with Gasteiger partial charge in [0.05, 0.1) is 6.57 Å². The summed E-state index contributed by atoms with van der Waals surface area (Å²) in [4.78, 5) is 3.72. The van der Waals surface area contributed by atoms with Crippen LogP contribution in [0.1, 0.15) is 0 Å². The number of nitrogens with zero attached hydrogens (tertiary/aromatic N) is 1. The van der Waals surface area contributed by atoms with Crippen molar-refractivity contribution in [1.82, 2.24) is 0 Å². The first kappa shape index (κ1) is 22.9. The minimum Gasteiger partial charge on any atom is -0.456 e. The number of ether oxygens (including phenoxy) is 1. The molecule has 9 rings (SSSR count). The van der Waals surface area contributed by atoms with Crippen molar-refractivity contribution in [2.24, 2.45) is 0 Å². The van der Waals surface area contributed by atoms with Crippen molar-refractivity contribution in [2.75, 3.05) is 0 Å². The summed E-state index contributed by atoms with van der Waals surface area (Å²) in [5.41, 5.74) is 9.10. The summed E-state index contributed by atoms with van der Waals surface area (Å²) in [5, 5.41) is 6.56. The summed E-state index contributed by atoms with van der Waals surface area (Å²) in [6, 6.07) is 43.9. The summed E-state index contributed by atoms with van der Waals surface area (Å²) in [6.45, 7) is 7.58. The zero-order valence-corrected chi connectivity index (χ0v) is 22.4. The summed E-state index contributed by atoms with van der Waals surface area (Å²) in [7, 11) is 0. The van der Waals surface area contributed by atoms with E-state index in [9.17, 15) is 0 Å². The fraction of sp³-hybridized carbons (Fsp3) is 0. The van der Waals surface area contributed by atoms with Crippen LogP contribution in [0.3, 0.4) is 0 Å². The molecule has 8 aromatic rings. The Morgan fingerprint density at radius 3 is 2.02 bits per heavy atom. The van der Waals surface area contributed by atoms with Crippen molar-refractivity contribution in [2.45, 2.75) is 0 Å². The summed E-state index contributed by atoms with van der Waals surface area (Å²) < 4.78 is 12.8. The summed E-state index contributed by atoms with van der Waals surface area (Å²) in [5.74, 6) is 1.69. The molecule has 0 N–H and O–H groups in total. The highest BCUT2D eigenvalue weighted by Crippen LogP contribution is 2.50. The van der Waals surface area contributed by atoms with Gasteiger partial charge in [0.25, 0.3) is 0 Å². The van der Waals surface area contributed by atoms with Crippen LogP contribution in [0.5, 0.6) is 11.5 Å². The van der Waals surface area contributed by atoms with Gasteiger partial charge in [-0.15, -0.1) is 0 Å². The lowest BCUT2D eigenvalue weighted by Gasteiger charge is -2.23. The van der Waals surface area contributed by atoms with Gasteiger partial charge in [0.15, 0.2) is 5.69 Å². The molecule has 0 unspecified atom stereocenters. The molecule has 1 aliphatic heterocycles. The van der Waals surface area contributed by atoms with Gasteiger partial charge in [-0.1, -0.05) is 91.0 Å². The lowest BCUT2D eigenvalue weighted by molar-refractivity contribution is 0.487. The average molecular weight is 536 g/mol. The largest absolute Gasteiger partial charge is 0.456 e. The molecule has 2 heterocycles. The van der Waals surface area contributed by atoms with Crippen LogP contribution in [-0.4, -0.2) is 0 Å². The molecule has 7 aromatic carbocycles. The summed E-state index contributed by atoms with van der Waals surface area (Å²) >= 11 is 0. The highest BCUT2D eigenvalue weighted by atomic mass is 16.5. The zero-order chi connectivity index (χ0) is 27.8. The molecule has 0 bridgehead atoms. The molecule has 0 saturated carbocycles. The van der Waals surface area contributed by atoms with Crippen molar-refractivity contribution in [3.63, 3.8) is 0 Å². The van der Waals surface area contributed by atoms with E-state index in [0.717, 1.165) is 88.4 Å². The molecule has 0 saturated heterocycles. The van der Waals surface area contributed by atoms with Crippen molar-refractivity contribution in [3.8, 4) is 44.9 Å². The molecule has 1 aliphatic rings. The van der Waals surface area contributed by atoms with Crippen LogP contribution in [-0.2, 0) is 0 Å². The van der Waals surface area contributed by atoms with Gasteiger partial charge in [-0.25, -0.2) is 4.85 Å². The highest BCUT2D eigenvalue weighted by molar-refractivity contribution is 6.12. The van der Waals surface area contributed by atoms with Crippen molar-refractivity contribution >= 4 is 49.2 Å². The van der Waals surface area contributed by atoms with E-state index in [0.29, 0.717) is 5.69 Å².